The molecular weight excluding hydrogens is 144 g/mol. The summed E-state index contributed by atoms with van der Waals surface area (Å²) in [6.07, 6.45) is 5.55. The fourth-order valence-corrected chi connectivity index (χ4v) is 0.369. The molecule has 0 aliphatic rings. The van der Waals surface area contributed by atoms with Gasteiger partial charge in [-0.15, -0.1) is 6.42 Å². The van der Waals surface area contributed by atoms with Gasteiger partial charge in [-0.05, 0) is 42.4 Å². The monoisotopic (exact) mass is 152 g/mol. The van der Waals surface area contributed by atoms with E-state index in [1.165, 1.54) is 0 Å². The van der Waals surface area contributed by atoms with Crippen molar-refractivity contribution in [1.82, 2.24) is 0 Å². The number of hydrogen-bond acceptors (Lipinski definition) is 0. The molecule has 0 spiro atoms. The second kappa shape index (κ2) is 7.09. The Balaban J connectivity index is 3.92. The lowest BCUT2D eigenvalue weighted by Crippen LogP contribution is -1.66. The molecule has 0 nitrogen and oxygen atoms in total. The van der Waals surface area contributed by atoms with Gasteiger partial charge in [0.15, 0.2) is 0 Å². The zero-order chi connectivity index (χ0) is 9.23. The third-order valence-corrected chi connectivity index (χ3v) is 0.801. The van der Waals surface area contributed by atoms with E-state index in [-0.39, 0.29) is 0 Å². The van der Waals surface area contributed by atoms with Crippen LogP contribution >= 0.6 is 0 Å². The van der Waals surface area contributed by atoms with Crippen molar-refractivity contribution in [3.8, 4) is 47.9 Å². The molecule has 0 fully saturated rings. The molecule has 0 saturated carbocycles. The Morgan fingerprint density at radius 2 is 1.75 bits per heavy atom. The maximum atomic E-state index is 4.87. The minimum absolute atomic E-state index is 0.678. The van der Waals surface area contributed by atoms with Crippen molar-refractivity contribution in [2.45, 2.75) is 13.3 Å². The van der Waals surface area contributed by atoms with E-state index in [1.54, 1.807) is 0 Å². The van der Waals surface area contributed by atoms with Crippen molar-refractivity contribution < 1.29 is 0 Å². The first-order valence-electron chi connectivity index (χ1n) is 3.35. The maximum Gasteiger partial charge on any atom is 0.0304 e. The maximum absolute atomic E-state index is 4.87. The van der Waals surface area contributed by atoms with Gasteiger partial charge in [0, 0.05) is 6.42 Å². The molecule has 0 aromatic carbocycles. The minimum atomic E-state index is 0.678. The lowest BCUT2D eigenvalue weighted by molar-refractivity contribution is 1.27. The Kier molecular flexibility index (Phi) is 5.90. The highest BCUT2D eigenvalue weighted by atomic mass is 13.8. The van der Waals surface area contributed by atoms with Crippen molar-refractivity contribution in [2.24, 2.45) is 0 Å². The molecule has 0 unspecified atom stereocenters. The quantitative estimate of drug-likeness (QED) is 0.395. The Morgan fingerprint density at radius 3 is 2.33 bits per heavy atom. The number of terminal acetylenes is 1. The third-order valence-electron chi connectivity index (χ3n) is 0.801. The van der Waals surface area contributed by atoms with E-state index in [1.807, 2.05) is 6.92 Å². The molecule has 0 saturated heterocycles. The molecule has 0 aliphatic heterocycles. The number of allylic oxidation sites excluding steroid dienone is 1. The van der Waals surface area contributed by atoms with Crippen LogP contribution in [0, 0.1) is 47.9 Å². The number of hydrogen-bond donors (Lipinski definition) is 0. The van der Waals surface area contributed by atoms with Crippen LogP contribution in [0.3, 0.4) is 0 Å². The van der Waals surface area contributed by atoms with Crippen LogP contribution in [0.5, 0.6) is 0 Å². The van der Waals surface area contributed by atoms with Crippen LogP contribution in [-0.4, -0.2) is 0 Å². The lowest BCUT2D eigenvalue weighted by atomic mass is 10.2. The van der Waals surface area contributed by atoms with Crippen molar-refractivity contribution in [1.29, 1.82) is 0 Å². The van der Waals surface area contributed by atoms with E-state index < -0.39 is 0 Å². The summed E-state index contributed by atoms with van der Waals surface area (Å²) in [5.74, 6) is 17.5. The van der Waals surface area contributed by atoms with E-state index in [2.05, 4.69) is 48.0 Å². The van der Waals surface area contributed by atoms with Gasteiger partial charge in [-0.1, -0.05) is 18.1 Å². The van der Waals surface area contributed by atoms with Gasteiger partial charge in [0.25, 0.3) is 0 Å². The zero-order valence-electron chi connectivity index (χ0n) is 6.99. The van der Waals surface area contributed by atoms with Gasteiger partial charge in [0.05, 0.1) is 0 Å². The fraction of sp³-hybridized carbons (Fsp3) is 0.167. The third kappa shape index (κ3) is 7.98. The summed E-state index contributed by atoms with van der Waals surface area (Å²) in [7, 11) is 0. The van der Waals surface area contributed by atoms with Crippen LogP contribution in [0.15, 0.2) is 12.2 Å². The van der Waals surface area contributed by atoms with Crippen LogP contribution in [0.25, 0.3) is 0 Å². The summed E-state index contributed by atoms with van der Waals surface area (Å²) in [4.78, 5) is 0. The van der Waals surface area contributed by atoms with E-state index in [0.717, 1.165) is 5.57 Å². The van der Waals surface area contributed by atoms with Gasteiger partial charge in [0.2, 0.25) is 0 Å². The standard InChI is InChI=1S/C12H8/c1-4-5-6-7-8-9-10-11-12(2)3/h1H,2,11H2,3H3. The summed E-state index contributed by atoms with van der Waals surface area (Å²) in [5.41, 5.74) is 1.03. The molecule has 0 amide bonds. The Labute approximate surface area is 74.1 Å². The average molecular weight is 152 g/mol. The average Bonchev–Trinajstić information content (AvgIpc) is 2.02. The van der Waals surface area contributed by atoms with Gasteiger partial charge in [-0.2, -0.15) is 0 Å². The molecule has 0 rings (SSSR count). The molecule has 0 radical (unpaired) electrons. The predicted octanol–water partition coefficient (Wildman–Crippen LogP) is 1.60. The van der Waals surface area contributed by atoms with Crippen LogP contribution < -0.4 is 0 Å². The van der Waals surface area contributed by atoms with Crippen LogP contribution in [0.1, 0.15) is 13.3 Å². The first-order chi connectivity index (χ1) is 5.77. The van der Waals surface area contributed by atoms with Crippen molar-refractivity contribution in [3.63, 3.8) is 0 Å². The van der Waals surface area contributed by atoms with Crippen molar-refractivity contribution in [3.05, 3.63) is 12.2 Å². The number of rotatable bonds is 1. The highest BCUT2D eigenvalue weighted by Crippen LogP contribution is 1.90. The molecule has 56 valence electrons. The summed E-state index contributed by atoms with van der Waals surface area (Å²) in [6, 6.07) is 0. The van der Waals surface area contributed by atoms with Crippen LogP contribution in [0.2, 0.25) is 0 Å². The summed E-state index contributed by atoms with van der Waals surface area (Å²) in [5, 5.41) is 0. The first kappa shape index (κ1) is 9.98. The molecule has 0 aliphatic carbocycles. The predicted molar refractivity (Wildman–Crippen MR) is 51.6 cm³/mol. The fourth-order valence-electron chi connectivity index (χ4n) is 0.369. The summed E-state index contributed by atoms with van der Waals surface area (Å²) >= 11 is 0. The first-order valence-corrected chi connectivity index (χ1v) is 3.35. The normalized spacial score (nSPS) is 5.33. The zero-order valence-corrected chi connectivity index (χ0v) is 6.99. The summed E-state index contributed by atoms with van der Waals surface area (Å²) in [6.45, 7) is 5.61. The molecule has 0 heteroatoms. The topological polar surface area (TPSA) is 0 Å². The van der Waals surface area contributed by atoms with Gasteiger partial charge < -0.3 is 0 Å². The molecule has 0 bridgehead atoms. The van der Waals surface area contributed by atoms with E-state index in [0.29, 0.717) is 6.42 Å². The Hall–Kier alpha value is -2.02. The molecule has 12 heavy (non-hydrogen) atoms. The second-order valence-electron chi connectivity index (χ2n) is 2.08. The van der Waals surface area contributed by atoms with Gasteiger partial charge in [-0.25, -0.2) is 0 Å². The SMILES string of the molecule is C#CC#CC#CC#CCC(=C)C. The molecule has 0 aromatic heterocycles. The van der Waals surface area contributed by atoms with E-state index in [9.17, 15) is 0 Å². The van der Waals surface area contributed by atoms with Gasteiger partial charge in [0.1, 0.15) is 0 Å². The largest absolute Gasteiger partial charge is 0.106 e. The van der Waals surface area contributed by atoms with Gasteiger partial charge >= 0.3 is 0 Å². The van der Waals surface area contributed by atoms with Crippen LogP contribution in [0.4, 0.5) is 0 Å². The van der Waals surface area contributed by atoms with E-state index >= 15 is 0 Å². The summed E-state index contributed by atoms with van der Waals surface area (Å²) < 4.78 is 0. The Morgan fingerprint density at radius 1 is 1.17 bits per heavy atom. The van der Waals surface area contributed by atoms with Crippen molar-refractivity contribution >= 4 is 0 Å². The molecule has 0 atom stereocenters. The molecular formula is C12H8. The second-order valence-corrected chi connectivity index (χ2v) is 2.08. The van der Waals surface area contributed by atoms with Gasteiger partial charge in [-0.3, -0.25) is 0 Å². The Bertz CT molecular complexity index is 369. The highest BCUT2D eigenvalue weighted by Gasteiger charge is 1.74. The smallest absolute Gasteiger partial charge is 0.0304 e. The van der Waals surface area contributed by atoms with E-state index in [4.69, 9.17) is 6.42 Å². The molecule has 0 aromatic rings. The highest BCUT2D eigenvalue weighted by molar-refractivity contribution is 5.39. The van der Waals surface area contributed by atoms with Crippen LogP contribution in [-0.2, 0) is 0 Å². The lowest BCUT2D eigenvalue weighted by Gasteiger charge is -1.81. The molecule has 0 heterocycles. The van der Waals surface area contributed by atoms with Crippen molar-refractivity contribution in [2.75, 3.05) is 0 Å². The minimum Gasteiger partial charge on any atom is -0.106 e. The molecule has 0 N–H and O–H groups in total.